The van der Waals surface area contributed by atoms with Crippen molar-refractivity contribution in [1.29, 1.82) is 0 Å². The molecule has 7 nitrogen and oxygen atoms in total. The molecule has 2 heterocycles. The maximum absolute atomic E-state index is 13.0. The Bertz CT molecular complexity index is 830. The van der Waals surface area contributed by atoms with Crippen molar-refractivity contribution < 1.29 is 18.0 Å². The lowest BCUT2D eigenvalue weighted by atomic mass is 10.1. The van der Waals surface area contributed by atoms with Crippen LogP contribution in [0.2, 0.25) is 0 Å². The predicted octanol–water partition coefficient (Wildman–Crippen LogP) is 1.77. The smallest absolute Gasteiger partial charge is 0.253 e. The minimum atomic E-state index is -3.67. The van der Waals surface area contributed by atoms with E-state index in [1.54, 1.807) is 12.1 Å². The number of piperidine rings is 2. The first-order valence-corrected chi connectivity index (χ1v) is 11.2. The number of hydrogen-bond acceptors (Lipinski definition) is 4. The Balaban J connectivity index is 1.70. The van der Waals surface area contributed by atoms with Gasteiger partial charge in [-0.15, -0.1) is 0 Å². The molecule has 2 amide bonds. The molecular formula is C20H27N3O4S. The summed E-state index contributed by atoms with van der Waals surface area (Å²) in [5.41, 5.74) is 0.510. The molecule has 1 atom stereocenters. The van der Waals surface area contributed by atoms with Crippen molar-refractivity contribution in [2.45, 2.75) is 43.0 Å². The van der Waals surface area contributed by atoms with Crippen molar-refractivity contribution in [3.63, 3.8) is 0 Å². The Morgan fingerprint density at radius 3 is 2.36 bits per heavy atom. The summed E-state index contributed by atoms with van der Waals surface area (Å²) in [6, 6.07) is 5.95. The SMILES string of the molecule is C=CC(=O)N[C@H]1CCCN(S(=O)(=O)c2ccc(C(=O)N3CCCCC3)cc2)C1. The van der Waals surface area contributed by atoms with Gasteiger partial charge >= 0.3 is 0 Å². The summed E-state index contributed by atoms with van der Waals surface area (Å²) in [6.45, 7) is 5.58. The zero-order chi connectivity index (χ0) is 20.1. The Labute approximate surface area is 166 Å². The van der Waals surface area contributed by atoms with Crippen molar-refractivity contribution >= 4 is 21.8 Å². The molecule has 0 aliphatic carbocycles. The number of rotatable bonds is 5. The zero-order valence-electron chi connectivity index (χ0n) is 16.0. The minimum absolute atomic E-state index is 0.0474. The molecule has 1 aromatic carbocycles. The summed E-state index contributed by atoms with van der Waals surface area (Å²) in [7, 11) is -3.67. The van der Waals surface area contributed by atoms with Crippen molar-refractivity contribution in [2.24, 2.45) is 0 Å². The van der Waals surface area contributed by atoms with Crippen molar-refractivity contribution in [2.75, 3.05) is 26.2 Å². The first kappa shape index (κ1) is 20.5. The number of nitrogens with zero attached hydrogens (tertiary/aromatic N) is 2. The molecule has 28 heavy (non-hydrogen) atoms. The van der Waals surface area contributed by atoms with Gasteiger partial charge in [-0.05, 0) is 62.4 Å². The number of hydrogen-bond donors (Lipinski definition) is 1. The molecule has 2 aliphatic heterocycles. The maximum Gasteiger partial charge on any atom is 0.253 e. The second-order valence-corrected chi connectivity index (χ2v) is 9.23. The summed E-state index contributed by atoms with van der Waals surface area (Å²) in [5, 5.41) is 2.77. The standard InChI is InChI=1S/C20H27N3O4S/c1-2-19(24)21-17-7-6-14-23(15-17)28(26,27)18-10-8-16(9-11-18)20(25)22-12-4-3-5-13-22/h2,8-11,17H,1,3-7,12-15H2,(H,21,24)/t17-/m0/s1. The van der Waals surface area contributed by atoms with Gasteiger partial charge in [0.25, 0.3) is 5.91 Å². The van der Waals surface area contributed by atoms with E-state index in [2.05, 4.69) is 11.9 Å². The van der Waals surface area contributed by atoms with Crippen LogP contribution < -0.4 is 5.32 Å². The molecule has 8 heteroatoms. The Morgan fingerprint density at radius 1 is 1.04 bits per heavy atom. The highest BCUT2D eigenvalue weighted by molar-refractivity contribution is 7.89. The Hall–Kier alpha value is -2.19. The molecule has 3 rings (SSSR count). The number of sulfonamides is 1. The summed E-state index contributed by atoms with van der Waals surface area (Å²) in [5.74, 6) is -0.348. The number of nitrogens with one attached hydrogen (secondary N) is 1. The van der Waals surface area contributed by atoms with Crippen LogP contribution in [0.3, 0.4) is 0 Å². The van der Waals surface area contributed by atoms with Crippen molar-refractivity contribution in [3.8, 4) is 0 Å². The van der Waals surface area contributed by atoms with Crippen LogP contribution in [0, 0.1) is 0 Å². The summed E-state index contributed by atoms with van der Waals surface area (Å²) in [4.78, 5) is 26.0. The third-order valence-corrected chi connectivity index (χ3v) is 7.18. The fraction of sp³-hybridized carbons (Fsp3) is 0.500. The molecule has 0 aromatic heterocycles. The molecule has 2 fully saturated rings. The van der Waals surface area contributed by atoms with Crippen LogP contribution in [0.5, 0.6) is 0 Å². The van der Waals surface area contributed by atoms with E-state index >= 15 is 0 Å². The first-order chi connectivity index (χ1) is 13.4. The van der Waals surface area contributed by atoms with Gasteiger partial charge in [0.1, 0.15) is 0 Å². The molecule has 0 bridgehead atoms. The van der Waals surface area contributed by atoms with Gasteiger partial charge in [0, 0.05) is 37.8 Å². The van der Waals surface area contributed by atoms with E-state index in [4.69, 9.17) is 0 Å². The monoisotopic (exact) mass is 405 g/mol. The van der Waals surface area contributed by atoms with Gasteiger partial charge in [0.05, 0.1) is 4.90 Å². The third kappa shape index (κ3) is 4.62. The predicted molar refractivity (Wildman–Crippen MR) is 106 cm³/mol. The lowest BCUT2D eigenvalue weighted by Crippen LogP contribution is -2.49. The van der Waals surface area contributed by atoms with Crippen LogP contribution >= 0.6 is 0 Å². The largest absolute Gasteiger partial charge is 0.349 e. The minimum Gasteiger partial charge on any atom is -0.349 e. The lowest BCUT2D eigenvalue weighted by molar-refractivity contribution is -0.117. The fourth-order valence-corrected chi connectivity index (χ4v) is 5.26. The first-order valence-electron chi connectivity index (χ1n) is 9.74. The summed E-state index contributed by atoms with van der Waals surface area (Å²) < 4.78 is 27.3. The second-order valence-electron chi connectivity index (χ2n) is 7.29. The molecule has 2 saturated heterocycles. The molecule has 1 N–H and O–H groups in total. The fourth-order valence-electron chi connectivity index (χ4n) is 3.74. The number of amides is 2. The Morgan fingerprint density at radius 2 is 1.71 bits per heavy atom. The Kier molecular flexibility index (Phi) is 6.51. The topological polar surface area (TPSA) is 86.8 Å². The number of benzene rings is 1. The highest BCUT2D eigenvalue weighted by atomic mass is 32.2. The van der Waals surface area contributed by atoms with Crippen LogP contribution in [-0.2, 0) is 14.8 Å². The maximum atomic E-state index is 13.0. The van der Waals surface area contributed by atoms with Crippen LogP contribution in [0.4, 0.5) is 0 Å². The van der Waals surface area contributed by atoms with E-state index in [9.17, 15) is 18.0 Å². The van der Waals surface area contributed by atoms with Gasteiger partial charge in [-0.2, -0.15) is 4.31 Å². The average Bonchev–Trinajstić information content (AvgIpc) is 2.74. The molecular weight excluding hydrogens is 378 g/mol. The van der Waals surface area contributed by atoms with E-state index < -0.39 is 10.0 Å². The summed E-state index contributed by atoms with van der Waals surface area (Å²) >= 11 is 0. The van der Waals surface area contributed by atoms with Gasteiger partial charge in [0.2, 0.25) is 15.9 Å². The van der Waals surface area contributed by atoms with Crippen LogP contribution in [0.15, 0.2) is 41.8 Å². The van der Waals surface area contributed by atoms with Crippen molar-refractivity contribution in [1.82, 2.24) is 14.5 Å². The molecule has 0 unspecified atom stereocenters. The van der Waals surface area contributed by atoms with E-state index in [1.165, 1.54) is 22.5 Å². The molecule has 2 aliphatic rings. The lowest BCUT2D eigenvalue weighted by Gasteiger charge is -2.32. The zero-order valence-corrected chi connectivity index (χ0v) is 16.8. The highest BCUT2D eigenvalue weighted by Gasteiger charge is 2.31. The van der Waals surface area contributed by atoms with Gasteiger partial charge in [0.15, 0.2) is 0 Å². The molecule has 0 radical (unpaired) electrons. The third-order valence-electron chi connectivity index (χ3n) is 5.30. The van der Waals surface area contributed by atoms with Gasteiger partial charge in [-0.3, -0.25) is 9.59 Å². The van der Waals surface area contributed by atoms with Crippen molar-refractivity contribution in [3.05, 3.63) is 42.5 Å². The number of carbonyl (C=O) groups excluding carboxylic acids is 2. The van der Waals surface area contributed by atoms with Crippen LogP contribution in [0.1, 0.15) is 42.5 Å². The van der Waals surface area contributed by atoms with Gasteiger partial charge in [-0.1, -0.05) is 6.58 Å². The molecule has 152 valence electrons. The van der Waals surface area contributed by atoms with Crippen LogP contribution in [-0.4, -0.2) is 61.7 Å². The van der Waals surface area contributed by atoms with E-state index in [1.807, 2.05) is 4.90 Å². The van der Waals surface area contributed by atoms with Crippen LogP contribution in [0.25, 0.3) is 0 Å². The van der Waals surface area contributed by atoms with E-state index in [0.717, 1.165) is 38.8 Å². The molecule has 1 aromatic rings. The van der Waals surface area contributed by atoms with E-state index in [-0.39, 0.29) is 29.3 Å². The number of likely N-dealkylation sites (tertiary alicyclic amines) is 1. The van der Waals surface area contributed by atoms with E-state index in [0.29, 0.717) is 18.5 Å². The second kappa shape index (κ2) is 8.87. The van der Waals surface area contributed by atoms with Gasteiger partial charge in [-0.25, -0.2) is 8.42 Å². The normalized spacial score (nSPS) is 21.1. The average molecular weight is 406 g/mol. The highest BCUT2D eigenvalue weighted by Crippen LogP contribution is 2.22. The molecule has 0 spiro atoms. The number of carbonyl (C=O) groups is 2. The van der Waals surface area contributed by atoms with Gasteiger partial charge < -0.3 is 10.2 Å². The summed E-state index contributed by atoms with van der Waals surface area (Å²) in [6.07, 6.45) is 5.76. The quantitative estimate of drug-likeness (QED) is 0.757. The molecule has 0 saturated carbocycles.